The van der Waals surface area contributed by atoms with E-state index in [2.05, 4.69) is 71.5 Å². The Morgan fingerprint density at radius 3 is 2.06 bits per heavy atom. The Morgan fingerprint density at radius 2 is 1.39 bits per heavy atom. The van der Waals surface area contributed by atoms with Crippen LogP contribution in [-0.2, 0) is 4.74 Å². The number of nitrogens with one attached hydrogen (secondary N) is 3. The molecule has 0 saturated heterocycles. The predicted octanol–water partition coefficient (Wildman–Crippen LogP) is 9.18. The first-order valence-corrected chi connectivity index (χ1v) is 23.7. The summed E-state index contributed by atoms with van der Waals surface area (Å²) < 4.78 is 11.4. The van der Waals surface area contributed by atoms with Gasteiger partial charge in [0.25, 0.3) is 11.8 Å². The van der Waals surface area contributed by atoms with E-state index in [0.29, 0.717) is 75.9 Å². The lowest BCUT2D eigenvalue weighted by Gasteiger charge is -2.43. The molecule has 0 radical (unpaired) electrons. The van der Waals surface area contributed by atoms with Crippen molar-refractivity contribution in [3.63, 3.8) is 0 Å². The summed E-state index contributed by atoms with van der Waals surface area (Å²) in [7, 11) is 1.74. The van der Waals surface area contributed by atoms with Crippen molar-refractivity contribution in [2.24, 2.45) is 4.99 Å². The molecule has 2 heterocycles. The fourth-order valence-corrected chi connectivity index (χ4v) is 11.9. The van der Waals surface area contributed by atoms with Crippen LogP contribution in [-0.4, -0.2) is 62.2 Å². The van der Waals surface area contributed by atoms with E-state index in [4.69, 9.17) is 26.0 Å². The molecule has 64 heavy (non-hydrogen) atoms. The second-order valence-electron chi connectivity index (χ2n) is 17.1. The monoisotopic (exact) mass is 870 g/mol. The summed E-state index contributed by atoms with van der Waals surface area (Å²) in [5.41, 5.74) is 23.7. The highest BCUT2D eigenvalue weighted by atomic mass is 32.3. The highest BCUT2D eigenvalue weighted by Crippen LogP contribution is 2.66. The maximum atomic E-state index is 13.8. The predicted molar refractivity (Wildman–Crippen MR) is 257 cm³/mol. The van der Waals surface area contributed by atoms with Crippen LogP contribution in [0.15, 0.2) is 134 Å². The Bertz CT molecular complexity index is 3110. The lowest BCUT2D eigenvalue weighted by atomic mass is 9.87. The number of hydrogen-bond donors (Lipinski definition) is 5. The number of allylic oxidation sites excluding steroid dienone is 4. The van der Waals surface area contributed by atoms with Crippen LogP contribution in [0.3, 0.4) is 0 Å². The Balaban J connectivity index is 0.897. The van der Waals surface area contributed by atoms with Gasteiger partial charge >= 0.3 is 5.97 Å². The molecule has 0 bridgehead atoms. The van der Waals surface area contributed by atoms with Gasteiger partial charge in [-0.15, -0.1) is 0 Å². The van der Waals surface area contributed by atoms with Gasteiger partial charge in [-0.2, -0.15) is 10.0 Å². The Morgan fingerprint density at radius 1 is 0.766 bits per heavy atom. The van der Waals surface area contributed by atoms with Crippen LogP contribution in [0, 0.1) is 12.3 Å². The second kappa shape index (κ2) is 16.5. The molecule has 324 valence electrons. The fraction of sp³-hybridized carbons (Fsp3) is 0.212. The number of aliphatic imine (C=N–C) groups is 1. The number of benzene rings is 5. The lowest BCUT2D eigenvalue weighted by Crippen LogP contribution is -2.43. The quantitative estimate of drug-likeness (QED) is 0.0601. The Kier molecular flexibility index (Phi) is 10.9. The van der Waals surface area contributed by atoms with Crippen molar-refractivity contribution >= 4 is 61.4 Å². The number of nitrogen functional groups attached to an aromatic ring is 2. The molecule has 11 nitrogen and oxygen atoms in total. The number of nitrogens with zero attached hydrogens (tertiary/aromatic N) is 1. The Hall–Kier alpha value is -7.18. The fourth-order valence-electron chi connectivity index (χ4n) is 9.38. The molecule has 7 N–H and O–H groups in total. The van der Waals surface area contributed by atoms with Gasteiger partial charge in [0.15, 0.2) is 0 Å². The number of anilines is 2. The van der Waals surface area contributed by atoms with Gasteiger partial charge in [0, 0.05) is 80.1 Å². The van der Waals surface area contributed by atoms with Crippen molar-refractivity contribution in [2.75, 3.05) is 38.1 Å². The molecule has 0 spiro atoms. The van der Waals surface area contributed by atoms with Gasteiger partial charge in [0.2, 0.25) is 0 Å². The van der Waals surface area contributed by atoms with Crippen LogP contribution in [0.2, 0.25) is 0 Å². The molecular weight excluding hydrogens is 821 g/mol. The maximum Gasteiger partial charge on any atom is 0.338 e. The number of hydrogen-bond acceptors (Lipinski definition) is 9. The number of aryl methyl sites for hydroxylation is 1. The summed E-state index contributed by atoms with van der Waals surface area (Å²) in [4.78, 5) is 47.8. The van der Waals surface area contributed by atoms with Crippen molar-refractivity contribution in [2.45, 2.75) is 49.6 Å². The molecular formula is C52H50N6O5S. The zero-order valence-corrected chi connectivity index (χ0v) is 37.2. The molecule has 1 fully saturated rings. The van der Waals surface area contributed by atoms with Crippen molar-refractivity contribution < 1.29 is 23.5 Å². The van der Waals surface area contributed by atoms with Crippen molar-refractivity contribution in [1.82, 2.24) is 10.6 Å². The largest absolute Gasteiger partial charge is 0.465 e. The second-order valence-corrected chi connectivity index (χ2v) is 20.6. The van der Waals surface area contributed by atoms with Gasteiger partial charge < -0.3 is 36.7 Å². The number of ether oxygens (including phenoxy) is 1. The van der Waals surface area contributed by atoms with Gasteiger partial charge in [-0.3, -0.25) is 14.6 Å². The van der Waals surface area contributed by atoms with Crippen LogP contribution < -0.4 is 27.5 Å². The third-order valence-corrected chi connectivity index (χ3v) is 15.6. The minimum Gasteiger partial charge on any atom is -0.465 e. The highest BCUT2D eigenvalue weighted by Gasteiger charge is 2.35. The minimum atomic E-state index is -1.38. The molecule has 4 aromatic rings. The summed E-state index contributed by atoms with van der Waals surface area (Å²) in [5, 5.41) is 15.6. The number of nitrogens with two attached hydrogens (primary N) is 2. The van der Waals surface area contributed by atoms with Gasteiger partial charge in [-0.05, 0) is 151 Å². The van der Waals surface area contributed by atoms with Crippen LogP contribution in [0.5, 0.6) is 0 Å². The number of fused-ring (bicyclic) bond motifs is 4. The zero-order chi connectivity index (χ0) is 45.0. The first-order chi connectivity index (χ1) is 30.7. The molecule has 0 atom stereocenters. The van der Waals surface area contributed by atoms with Crippen LogP contribution in [0.4, 0.5) is 11.4 Å². The third kappa shape index (κ3) is 7.57. The average molecular weight is 871 g/mol. The number of carbonyl (C=O) groups excluding carboxylic acids is 3. The molecule has 2 aliphatic heterocycles. The summed E-state index contributed by atoms with van der Waals surface area (Å²) in [6, 6.07) is 27.4. The van der Waals surface area contributed by atoms with Gasteiger partial charge in [0.05, 0.1) is 23.7 Å². The van der Waals surface area contributed by atoms with E-state index in [0.717, 1.165) is 33.7 Å². The van der Waals surface area contributed by atoms with Gasteiger partial charge in [-0.25, -0.2) is 4.79 Å². The molecule has 1 saturated carbocycles. The number of rotatable bonds is 7. The van der Waals surface area contributed by atoms with Crippen molar-refractivity contribution in [3.05, 3.63) is 158 Å². The third-order valence-electron chi connectivity index (χ3n) is 12.7. The van der Waals surface area contributed by atoms with Crippen molar-refractivity contribution in [1.29, 1.82) is 5.41 Å². The number of carbonyl (C=O) groups is 3. The highest BCUT2D eigenvalue weighted by molar-refractivity contribution is 8.36. The molecule has 2 amide bonds. The van der Waals surface area contributed by atoms with Crippen LogP contribution in [0.1, 0.15) is 73.4 Å². The van der Waals surface area contributed by atoms with Gasteiger partial charge in [-0.1, -0.05) is 24.3 Å². The molecule has 5 aliphatic rings. The number of esters is 1. The zero-order valence-electron chi connectivity index (χ0n) is 36.4. The molecule has 3 aliphatic carbocycles. The SMILES string of the molecule is CN=C1C=CC2=C(c3ccc(C(=O)NC4CCC(NC(=O)c5ccc(-c6c7ccc(=N)cc-7oc7cc(N)ccc67)c(C(=O)OC)c5)CC4)cc3C)c3ccc(N)cc3S(C)(C)C2=C1. The molecule has 0 aromatic heterocycles. The van der Waals surface area contributed by atoms with E-state index in [1.54, 1.807) is 48.5 Å². The smallest absolute Gasteiger partial charge is 0.338 e. The van der Waals surface area contributed by atoms with E-state index < -0.39 is 16.0 Å². The first-order valence-electron chi connectivity index (χ1n) is 21.2. The summed E-state index contributed by atoms with van der Waals surface area (Å²) in [5.74, 6) is -0.569. The van der Waals surface area contributed by atoms with E-state index in [1.165, 1.54) is 22.5 Å². The van der Waals surface area contributed by atoms with E-state index in [1.807, 2.05) is 31.3 Å². The molecule has 12 heteroatoms. The van der Waals surface area contributed by atoms with Crippen LogP contribution >= 0.6 is 10.0 Å². The minimum absolute atomic E-state index is 0.0464. The molecule has 4 aromatic carbocycles. The van der Waals surface area contributed by atoms with Crippen LogP contribution in [0.25, 0.3) is 39.0 Å². The standard InChI is InChI=1S/C52H50N6O5S/c1-28-22-29(6-16-37(28)48-41-20-10-33(55)26-46(41)64(4,5)47-27-36(56-2)15-21-42(47)48)50(59)57-34-11-13-35(14-12-34)58-51(60)30-7-17-38(43(23-30)52(61)62-3)49-39-18-8-31(53)24-44(39)63-45-25-32(54)9-19-40(45)49/h6-10,15-27,34-35,53H,11-14,54-55H2,1-5H3,(H,57,59)(H,58,60). The maximum absolute atomic E-state index is 13.8. The summed E-state index contributed by atoms with van der Waals surface area (Å²) >= 11 is 0. The lowest BCUT2D eigenvalue weighted by molar-refractivity contribution is 0.0601. The van der Waals surface area contributed by atoms with E-state index in [9.17, 15) is 14.4 Å². The topological polar surface area (TPSA) is 186 Å². The molecule has 0 unspecified atom stereocenters. The number of methoxy groups -OCH3 is 1. The first kappa shape index (κ1) is 42.1. The average Bonchev–Trinajstić information content (AvgIpc) is 3.28. The normalized spacial score (nSPS) is 18.8. The Labute approximate surface area is 373 Å². The van der Waals surface area contributed by atoms with E-state index in [-0.39, 0.29) is 34.8 Å². The van der Waals surface area contributed by atoms with E-state index >= 15 is 0 Å². The van der Waals surface area contributed by atoms with Crippen molar-refractivity contribution in [3.8, 4) is 22.5 Å². The summed E-state index contributed by atoms with van der Waals surface area (Å²) in [6.07, 6.45) is 13.8. The number of amides is 2. The molecule has 9 rings (SSSR count). The summed E-state index contributed by atoms with van der Waals surface area (Å²) in [6.45, 7) is 2.06. The van der Waals surface area contributed by atoms with Gasteiger partial charge in [0.1, 0.15) is 11.3 Å².